The molecule has 0 heterocycles. The molecule has 0 radical (unpaired) electrons. The van der Waals surface area contributed by atoms with Gasteiger partial charge in [-0.1, -0.05) is 0 Å². The number of hydrogen-bond acceptors (Lipinski definition) is 0. The van der Waals surface area contributed by atoms with Crippen LogP contribution in [0.2, 0.25) is 0 Å². The van der Waals surface area contributed by atoms with Crippen LogP contribution in [0.25, 0.3) is 0 Å². The van der Waals surface area contributed by atoms with E-state index in [0.29, 0.717) is 0 Å². The molecule has 0 aromatic rings. The average Bonchev–Trinajstić information content (AvgIpc) is 0. The van der Waals surface area contributed by atoms with Gasteiger partial charge in [0.1, 0.15) is 0 Å². The Kier molecular flexibility index (Phi) is 406. The van der Waals surface area contributed by atoms with Crippen molar-refractivity contribution in [2.24, 2.45) is 0 Å². The van der Waals surface area contributed by atoms with E-state index in [1.165, 1.54) is 0 Å². The zero-order chi connectivity index (χ0) is 0. The predicted octanol–water partition coefficient (Wildman–Crippen LogP) is -0.0743. The van der Waals surface area contributed by atoms with Gasteiger partial charge in [0.15, 0.2) is 17.4 Å². The Hall–Kier alpha value is 2.17. The van der Waals surface area contributed by atoms with Crippen molar-refractivity contribution in [3.8, 4) is 0 Å². The van der Waals surface area contributed by atoms with E-state index in [9.17, 15) is 0 Å². The molecule has 5 heavy (non-hydrogen) atoms. The Morgan fingerprint density at radius 3 is 0.800 bits per heavy atom. The molecule has 0 saturated heterocycles. The maximum atomic E-state index is 0. The first kappa shape index (κ1) is 58.0. The number of rotatable bonds is 0. The molecule has 34 valence electrons. The molecule has 0 unspecified atom stereocenters. The van der Waals surface area contributed by atoms with Crippen molar-refractivity contribution in [2.75, 3.05) is 0 Å². The van der Waals surface area contributed by atoms with Crippen LogP contribution in [0.4, 0.5) is 0 Å². The van der Waals surface area contributed by atoms with Crippen LogP contribution in [0.5, 0.6) is 0 Å². The van der Waals surface area contributed by atoms with E-state index < -0.39 is 0 Å². The van der Waals surface area contributed by atoms with Crippen LogP contribution in [0.3, 0.4) is 0 Å². The van der Waals surface area contributed by atoms with Crippen molar-refractivity contribution >= 4 is 77.6 Å². The van der Waals surface area contributed by atoms with Crippen LogP contribution < -0.4 is 0 Å². The van der Waals surface area contributed by atoms with Crippen LogP contribution >= 0.6 is 37.2 Å². The molecule has 0 nitrogen and oxygen atoms in total. The van der Waals surface area contributed by atoms with Gasteiger partial charge in [0.2, 0.25) is 0 Å². The SMILES string of the molecule is Cl.Cl.Cl.[AlH3].[H-].[H-].[Mg+2]. The first-order valence-corrected chi connectivity index (χ1v) is 0. The minimum absolute atomic E-state index is 0. The molecule has 0 aromatic carbocycles. The van der Waals surface area contributed by atoms with Gasteiger partial charge in [0.25, 0.3) is 0 Å². The molecule has 0 amide bonds. The van der Waals surface area contributed by atoms with Crippen molar-refractivity contribution < 1.29 is 2.85 Å². The van der Waals surface area contributed by atoms with E-state index in [1.807, 2.05) is 0 Å². The molecule has 0 atom stereocenters. The second-order valence-electron chi connectivity index (χ2n) is 0. The van der Waals surface area contributed by atoms with Crippen LogP contribution in [-0.4, -0.2) is 40.4 Å². The van der Waals surface area contributed by atoms with Gasteiger partial charge in [-0.25, -0.2) is 0 Å². The summed E-state index contributed by atoms with van der Waals surface area (Å²) in [5.41, 5.74) is 0. The summed E-state index contributed by atoms with van der Waals surface area (Å²) in [6.07, 6.45) is 0. The molecular formula is H8AlCl3Mg. The summed E-state index contributed by atoms with van der Waals surface area (Å²) in [7, 11) is 0. The number of halogens is 3. The Morgan fingerprint density at radius 2 is 0.800 bits per heavy atom. The molecule has 0 aromatic heterocycles. The van der Waals surface area contributed by atoms with Crippen molar-refractivity contribution in [1.82, 2.24) is 0 Å². The zero-order valence-corrected chi connectivity index (χ0v) is 5.80. The average molecular weight is 166 g/mol. The Bertz CT molecular complexity index is 12.9. The standard InChI is InChI=1S/Al.3ClH.Mg.5H/h;3*1H;;;;;;/q;;;;+2;;;;2*-1. The summed E-state index contributed by atoms with van der Waals surface area (Å²) in [4.78, 5) is 0. The van der Waals surface area contributed by atoms with Crippen LogP contribution in [-0.2, 0) is 0 Å². The van der Waals surface area contributed by atoms with E-state index in [1.54, 1.807) is 0 Å². The third-order valence-corrected chi connectivity index (χ3v) is 0. The van der Waals surface area contributed by atoms with Crippen LogP contribution in [0.15, 0.2) is 0 Å². The molecule has 0 aliphatic carbocycles. The third kappa shape index (κ3) is 22.8. The van der Waals surface area contributed by atoms with Gasteiger partial charge in [-0.15, -0.1) is 37.2 Å². The second-order valence-corrected chi connectivity index (χ2v) is 0. The summed E-state index contributed by atoms with van der Waals surface area (Å²) in [5, 5.41) is 0. The molecule has 0 aliphatic rings. The van der Waals surface area contributed by atoms with Crippen LogP contribution in [0.1, 0.15) is 2.85 Å². The minimum Gasteiger partial charge on any atom is -1.00 e. The topological polar surface area (TPSA) is 0 Å². The smallest absolute Gasteiger partial charge is 1.00 e. The minimum atomic E-state index is 0. The molecule has 0 saturated carbocycles. The van der Waals surface area contributed by atoms with Crippen molar-refractivity contribution in [2.45, 2.75) is 0 Å². The number of hydrogen-bond donors (Lipinski definition) is 0. The molecule has 0 aliphatic heterocycles. The maximum Gasteiger partial charge on any atom is 2.00 e. The fraction of sp³-hybridized carbons (Fsp3) is 0. The Labute approximate surface area is 79.9 Å². The zero-order valence-electron chi connectivity index (χ0n) is 3.93. The van der Waals surface area contributed by atoms with Gasteiger partial charge < -0.3 is 2.85 Å². The monoisotopic (exact) mass is 164 g/mol. The van der Waals surface area contributed by atoms with E-state index >= 15 is 0 Å². The molecular weight excluding hydrogens is 158 g/mol. The summed E-state index contributed by atoms with van der Waals surface area (Å²) >= 11 is 0. The van der Waals surface area contributed by atoms with Crippen molar-refractivity contribution in [3.63, 3.8) is 0 Å². The fourth-order valence-electron chi connectivity index (χ4n) is 0. The quantitative estimate of drug-likeness (QED) is 0.441. The molecule has 0 N–H and O–H groups in total. The summed E-state index contributed by atoms with van der Waals surface area (Å²) in [5.74, 6) is 0. The predicted molar refractivity (Wildman–Crippen MR) is 39.7 cm³/mol. The van der Waals surface area contributed by atoms with Crippen LogP contribution in [0, 0.1) is 0 Å². The first-order valence-electron chi connectivity index (χ1n) is 0. The molecule has 0 fully saturated rings. The van der Waals surface area contributed by atoms with E-state index in [2.05, 4.69) is 0 Å². The van der Waals surface area contributed by atoms with E-state index in [0.717, 1.165) is 0 Å². The Balaban J connectivity index is 0. The normalized spacial score (nSPS) is 0. The van der Waals surface area contributed by atoms with Gasteiger partial charge in [-0.05, 0) is 0 Å². The largest absolute Gasteiger partial charge is 2.00 e. The van der Waals surface area contributed by atoms with Gasteiger partial charge in [-0.3, -0.25) is 0 Å². The van der Waals surface area contributed by atoms with Gasteiger partial charge in [0, 0.05) is 0 Å². The fourth-order valence-corrected chi connectivity index (χ4v) is 0. The second kappa shape index (κ2) is 35.0. The van der Waals surface area contributed by atoms with E-state index in [4.69, 9.17) is 0 Å². The molecule has 0 spiro atoms. The summed E-state index contributed by atoms with van der Waals surface area (Å²) < 4.78 is 0. The van der Waals surface area contributed by atoms with Crippen molar-refractivity contribution in [3.05, 3.63) is 0 Å². The Morgan fingerprint density at radius 1 is 0.800 bits per heavy atom. The molecule has 0 rings (SSSR count). The van der Waals surface area contributed by atoms with Gasteiger partial charge in [-0.2, -0.15) is 0 Å². The van der Waals surface area contributed by atoms with Crippen molar-refractivity contribution in [1.29, 1.82) is 0 Å². The van der Waals surface area contributed by atoms with Gasteiger partial charge in [0.05, 0.1) is 0 Å². The molecule has 0 bridgehead atoms. The first-order chi connectivity index (χ1) is 0. The molecule has 5 heteroatoms. The summed E-state index contributed by atoms with van der Waals surface area (Å²) in [6, 6.07) is 0. The summed E-state index contributed by atoms with van der Waals surface area (Å²) in [6.45, 7) is 0. The maximum absolute atomic E-state index is 0. The van der Waals surface area contributed by atoms with E-state index in [-0.39, 0.29) is 80.5 Å². The third-order valence-electron chi connectivity index (χ3n) is 0. The van der Waals surface area contributed by atoms with Gasteiger partial charge >= 0.3 is 23.1 Å².